The van der Waals surface area contributed by atoms with Crippen molar-refractivity contribution in [1.29, 1.82) is 0 Å². The molecule has 7 nitrogen and oxygen atoms in total. The lowest BCUT2D eigenvalue weighted by Gasteiger charge is -2.11. The van der Waals surface area contributed by atoms with Gasteiger partial charge in [-0.25, -0.2) is 4.79 Å². The molecule has 0 N–H and O–H groups in total. The van der Waals surface area contributed by atoms with Crippen LogP contribution in [0.15, 0.2) is 48.5 Å². The van der Waals surface area contributed by atoms with Crippen LogP contribution in [0.2, 0.25) is 0 Å². The summed E-state index contributed by atoms with van der Waals surface area (Å²) in [5, 5.41) is 0. The van der Waals surface area contributed by atoms with Gasteiger partial charge in [0.05, 0.1) is 7.11 Å². The normalized spacial score (nSPS) is 12.0. The van der Waals surface area contributed by atoms with Crippen LogP contribution in [0.5, 0.6) is 17.2 Å². The monoisotopic (exact) mass is 407 g/mol. The van der Waals surface area contributed by atoms with Crippen LogP contribution in [0.1, 0.15) is 32.1 Å². The number of carbonyl (C=O) groups is 2. The lowest BCUT2D eigenvalue weighted by atomic mass is 10.1. The van der Waals surface area contributed by atoms with Gasteiger partial charge in [-0.1, -0.05) is 12.1 Å². The van der Waals surface area contributed by atoms with Crippen molar-refractivity contribution in [2.45, 2.75) is 13.8 Å². The number of Topliss-reactive ketones (excluding diaryl/α,β-unsaturated/α-hetero) is 1. The van der Waals surface area contributed by atoms with Crippen LogP contribution in [-0.2, 0) is 4.74 Å². The Bertz CT molecular complexity index is 1130. The highest BCUT2D eigenvalue weighted by Gasteiger charge is 2.20. The number of fused-ring (bicyclic) bond motifs is 1. The molecule has 1 aliphatic heterocycles. The zero-order valence-corrected chi connectivity index (χ0v) is 16.9. The van der Waals surface area contributed by atoms with E-state index in [1.54, 1.807) is 24.3 Å². The fourth-order valence-corrected chi connectivity index (χ4v) is 3.56. The molecule has 7 heteroatoms. The minimum absolute atomic E-state index is 0.185. The molecule has 3 aromatic rings. The van der Waals surface area contributed by atoms with Crippen molar-refractivity contribution in [1.82, 2.24) is 4.57 Å². The highest BCUT2D eigenvalue weighted by molar-refractivity contribution is 5.99. The average molecular weight is 407 g/mol. The van der Waals surface area contributed by atoms with E-state index in [-0.39, 0.29) is 24.7 Å². The number of benzene rings is 2. The van der Waals surface area contributed by atoms with Gasteiger partial charge in [0.15, 0.2) is 18.1 Å². The van der Waals surface area contributed by atoms with Gasteiger partial charge in [-0.3, -0.25) is 4.79 Å². The number of methoxy groups -OCH3 is 1. The fourth-order valence-electron chi connectivity index (χ4n) is 3.56. The highest BCUT2D eigenvalue weighted by atomic mass is 16.7. The van der Waals surface area contributed by atoms with Gasteiger partial charge < -0.3 is 23.5 Å². The molecule has 0 amide bonds. The van der Waals surface area contributed by atoms with Gasteiger partial charge in [0.2, 0.25) is 12.6 Å². The third-order valence-corrected chi connectivity index (χ3v) is 5.00. The van der Waals surface area contributed by atoms with E-state index in [4.69, 9.17) is 18.9 Å². The predicted molar refractivity (Wildman–Crippen MR) is 109 cm³/mol. The Morgan fingerprint density at radius 1 is 1.00 bits per heavy atom. The Kier molecular flexibility index (Phi) is 5.18. The summed E-state index contributed by atoms with van der Waals surface area (Å²) in [6, 6.07) is 14.2. The van der Waals surface area contributed by atoms with Gasteiger partial charge >= 0.3 is 5.97 Å². The van der Waals surface area contributed by atoms with E-state index in [0.717, 1.165) is 17.1 Å². The summed E-state index contributed by atoms with van der Waals surface area (Å²) in [7, 11) is 1.30. The first kappa shape index (κ1) is 19.6. The second-order valence-corrected chi connectivity index (χ2v) is 6.86. The molecule has 0 aliphatic carbocycles. The standard InChI is InChI=1S/C23H21NO6/c1-14-10-18(15(2)24(14)16-8-9-21-22(11-16)30-13-29-21)19(25)12-28-20-7-5-4-6-17(20)23(26)27-3/h4-11H,12-13H2,1-3H3. The number of hydrogen-bond donors (Lipinski definition) is 0. The van der Waals surface area contributed by atoms with Gasteiger partial charge in [-0.05, 0) is 44.2 Å². The minimum Gasteiger partial charge on any atom is -0.485 e. The molecule has 0 unspecified atom stereocenters. The minimum atomic E-state index is -0.515. The van der Waals surface area contributed by atoms with E-state index in [1.165, 1.54) is 7.11 Å². The summed E-state index contributed by atoms with van der Waals surface area (Å²) < 4.78 is 23.2. The Morgan fingerprint density at radius 2 is 1.77 bits per heavy atom. The lowest BCUT2D eigenvalue weighted by Crippen LogP contribution is -2.14. The summed E-state index contributed by atoms with van der Waals surface area (Å²) >= 11 is 0. The van der Waals surface area contributed by atoms with Gasteiger partial charge in [-0.15, -0.1) is 0 Å². The molecule has 30 heavy (non-hydrogen) atoms. The van der Waals surface area contributed by atoms with Crippen molar-refractivity contribution in [3.05, 3.63) is 71.0 Å². The number of ketones is 1. The summed E-state index contributed by atoms with van der Waals surface area (Å²) in [5.41, 5.74) is 3.41. The number of aromatic nitrogens is 1. The van der Waals surface area contributed by atoms with Crippen LogP contribution in [0.25, 0.3) is 5.69 Å². The largest absolute Gasteiger partial charge is 0.485 e. The predicted octanol–water partition coefficient (Wildman–Crippen LogP) is 3.87. The number of ether oxygens (including phenoxy) is 4. The molecule has 0 saturated heterocycles. The van der Waals surface area contributed by atoms with Crippen molar-refractivity contribution < 1.29 is 28.5 Å². The molecule has 1 aromatic heterocycles. The topological polar surface area (TPSA) is 76.0 Å². The number of para-hydroxylation sites is 1. The summed E-state index contributed by atoms with van der Waals surface area (Å²) in [5.74, 6) is 0.988. The number of esters is 1. The summed E-state index contributed by atoms with van der Waals surface area (Å²) in [4.78, 5) is 24.8. The third-order valence-electron chi connectivity index (χ3n) is 5.00. The van der Waals surface area contributed by atoms with Crippen LogP contribution in [0.4, 0.5) is 0 Å². The molecule has 0 bridgehead atoms. The van der Waals surface area contributed by atoms with Crippen LogP contribution in [0.3, 0.4) is 0 Å². The maximum Gasteiger partial charge on any atom is 0.341 e. The van der Waals surface area contributed by atoms with Crippen molar-refractivity contribution in [2.75, 3.05) is 20.5 Å². The van der Waals surface area contributed by atoms with E-state index >= 15 is 0 Å². The zero-order valence-electron chi connectivity index (χ0n) is 16.9. The maximum absolute atomic E-state index is 12.9. The Morgan fingerprint density at radius 3 is 2.57 bits per heavy atom. The molecule has 2 aromatic carbocycles. The SMILES string of the molecule is COC(=O)c1ccccc1OCC(=O)c1cc(C)n(-c2ccc3c(c2)OCO3)c1C. The Hall–Kier alpha value is -3.74. The molecule has 0 atom stereocenters. The van der Waals surface area contributed by atoms with Crippen LogP contribution >= 0.6 is 0 Å². The number of nitrogens with zero attached hydrogens (tertiary/aromatic N) is 1. The van der Waals surface area contributed by atoms with Crippen LogP contribution < -0.4 is 14.2 Å². The van der Waals surface area contributed by atoms with Gasteiger partial charge in [0.1, 0.15) is 11.3 Å². The number of carbonyl (C=O) groups excluding carboxylic acids is 2. The lowest BCUT2D eigenvalue weighted by molar-refractivity contribution is 0.0594. The molecule has 1 aliphatic rings. The van der Waals surface area contributed by atoms with E-state index in [1.807, 2.05) is 42.7 Å². The number of aryl methyl sites for hydroxylation is 1. The second-order valence-electron chi connectivity index (χ2n) is 6.86. The van der Waals surface area contributed by atoms with E-state index in [2.05, 4.69) is 0 Å². The van der Waals surface area contributed by atoms with E-state index in [9.17, 15) is 9.59 Å². The van der Waals surface area contributed by atoms with Gasteiger partial charge in [0, 0.05) is 28.7 Å². The molecular formula is C23H21NO6. The smallest absolute Gasteiger partial charge is 0.341 e. The van der Waals surface area contributed by atoms with Crippen molar-refractivity contribution >= 4 is 11.8 Å². The summed E-state index contributed by atoms with van der Waals surface area (Å²) in [6.07, 6.45) is 0. The zero-order chi connectivity index (χ0) is 21.3. The Balaban J connectivity index is 1.57. The number of rotatable bonds is 6. The molecule has 0 radical (unpaired) electrons. The number of hydrogen-bond acceptors (Lipinski definition) is 6. The molecule has 4 rings (SSSR count). The molecule has 154 valence electrons. The van der Waals surface area contributed by atoms with Gasteiger partial charge in [0.25, 0.3) is 0 Å². The molecule has 0 fully saturated rings. The Labute approximate surface area is 173 Å². The van der Waals surface area contributed by atoms with Crippen molar-refractivity contribution in [3.63, 3.8) is 0 Å². The van der Waals surface area contributed by atoms with E-state index in [0.29, 0.717) is 22.8 Å². The quantitative estimate of drug-likeness (QED) is 0.456. The first-order valence-electron chi connectivity index (χ1n) is 9.42. The van der Waals surface area contributed by atoms with Crippen molar-refractivity contribution in [3.8, 4) is 22.9 Å². The summed E-state index contributed by atoms with van der Waals surface area (Å²) in [6.45, 7) is 3.82. The van der Waals surface area contributed by atoms with Gasteiger partial charge in [-0.2, -0.15) is 0 Å². The van der Waals surface area contributed by atoms with Crippen LogP contribution in [0, 0.1) is 13.8 Å². The third kappa shape index (κ3) is 3.50. The fraction of sp³-hybridized carbons (Fsp3) is 0.217. The average Bonchev–Trinajstić information content (AvgIpc) is 3.34. The molecular weight excluding hydrogens is 386 g/mol. The van der Waals surface area contributed by atoms with Crippen molar-refractivity contribution in [2.24, 2.45) is 0 Å². The first-order chi connectivity index (χ1) is 14.5. The maximum atomic E-state index is 12.9. The van der Waals surface area contributed by atoms with E-state index < -0.39 is 5.97 Å². The van der Waals surface area contributed by atoms with Crippen LogP contribution in [-0.4, -0.2) is 36.8 Å². The second kappa shape index (κ2) is 7.94. The highest BCUT2D eigenvalue weighted by Crippen LogP contribution is 2.35. The molecule has 2 heterocycles. The molecule has 0 saturated carbocycles. The first-order valence-corrected chi connectivity index (χ1v) is 9.42. The molecule has 0 spiro atoms.